The molecule has 2 heterocycles. The van der Waals surface area contributed by atoms with Crippen molar-refractivity contribution in [1.82, 2.24) is 30.0 Å². The fourth-order valence-corrected chi connectivity index (χ4v) is 4.57. The SMILES string of the molecule is Cc1ccc([C@@H](c2nnnn2Cc2ccccc2)N2CCN(Cc3ccccc3)CC2)cc1. The zero-order chi connectivity index (χ0) is 22.5. The Bertz CT molecular complexity index is 1130. The van der Waals surface area contributed by atoms with Crippen molar-refractivity contribution >= 4 is 0 Å². The van der Waals surface area contributed by atoms with Crippen molar-refractivity contribution in [2.24, 2.45) is 0 Å². The van der Waals surface area contributed by atoms with E-state index in [4.69, 9.17) is 0 Å². The van der Waals surface area contributed by atoms with Crippen LogP contribution in [0.15, 0.2) is 84.9 Å². The van der Waals surface area contributed by atoms with Crippen LogP contribution in [0.25, 0.3) is 0 Å². The van der Waals surface area contributed by atoms with Crippen LogP contribution in [0, 0.1) is 6.92 Å². The highest BCUT2D eigenvalue weighted by molar-refractivity contribution is 5.29. The molecular formula is C27H30N6. The van der Waals surface area contributed by atoms with E-state index in [0.29, 0.717) is 6.54 Å². The molecule has 0 unspecified atom stereocenters. The Morgan fingerprint density at radius 3 is 1.97 bits per heavy atom. The van der Waals surface area contributed by atoms with Gasteiger partial charge in [-0.3, -0.25) is 9.80 Å². The average Bonchev–Trinajstić information content (AvgIpc) is 3.30. The van der Waals surface area contributed by atoms with E-state index in [-0.39, 0.29) is 6.04 Å². The van der Waals surface area contributed by atoms with Crippen molar-refractivity contribution in [3.05, 3.63) is 113 Å². The van der Waals surface area contributed by atoms with Crippen LogP contribution in [0.5, 0.6) is 0 Å². The lowest BCUT2D eigenvalue weighted by Crippen LogP contribution is -2.48. The van der Waals surface area contributed by atoms with Crippen molar-refractivity contribution < 1.29 is 0 Å². The summed E-state index contributed by atoms with van der Waals surface area (Å²) < 4.78 is 1.95. The van der Waals surface area contributed by atoms with E-state index >= 15 is 0 Å². The molecule has 1 saturated heterocycles. The summed E-state index contributed by atoms with van der Waals surface area (Å²) in [5.74, 6) is 0.902. The molecule has 3 aromatic carbocycles. The smallest absolute Gasteiger partial charge is 0.173 e. The maximum atomic E-state index is 4.52. The van der Waals surface area contributed by atoms with Gasteiger partial charge in [-0.05, 0) is 34.0 Å². The largest absolute Gasteiger partial charge is 0.297 e. The minimum absolute atomic E-state index is 0.0307. The highest BCUT2D eigenvalue weighted by Crippen LogP contribution is 2.29. The average molecular weight is 439 g/mol. The van der Waals surface area contributed by atoms with E-state index in [2.05, 4.69) is 111 Å². The first-order valence-corrected chi connectivity index (χ1v) is 11.6. The standard InChI is InChI=1S/C27H30N6/c1-22-12-14-25(15-13-22)26(27-28-29-30-33(27)21-24-10-6-3-7-11-24)32-18-16-31(17-19-32)20-23-8-4-2-5-9-23/h2-15,26H,16-21H2,1H3/t26-/m0/s1. The normalized spacial score (nSPS) is 16.0. The summed E-state index contributed by atoms with van der Waals surface area (Å²) in [6, 6.07) is 29.9. The first-order chi connectivity index (χ1) is 16.3. The van der Waals surface area contributed by atoms with E-state index in [1.165, 1.54) is 22.3 Å². The molecule has 1 atom stereocenters. The molecule has 5 rings (SSSR count). The number of aryl methyl sites for hydroxylation is 1. The quantitative estimate of drug-likeness (QED) is 0.438. The van der Waals surface area contributed by atoms with Crippen LogP contribution in [-0.4, -0.2) is 56.2 Å². The van der Waals surface area contributed by atoms with Crippen LogP contribution >= 0.6 is 0 Å². The molecule has 168 valence electrons. The zero-order valence-corrected chi connectivity index (χ0v) is 19.1. The van der Waals surface area contributed by atoms with Gasteiger partial charge >= 0.3 is 0 Å². The molecule has 0 spiro atoms. The summed E-state index contributed by atoms with van der Waals surface area (Å²) in [5.41, 5.74) is 5.06. The summed E-state index contributed by atoms with van der Waals surface area (Å²) in [6.07, 6.45) is 0. The zero-order valence-electron chi connectivity index (χ0n) is 19.1. The molecule has 1 aromatic heterocycles. The first-order valence-electron chi connectivity index (χ1n) is 11.6. The molecule has 0 aliphatic carbocycles. The number of nitrogens with zero attached hydrogens (tertiary/aromatic N) is 6. The Morgan fingerprint density at radius 1 is 0.727 bits per heavy atom. The lowest BCUT2D eigenvalue weighted by Gasteiger charge is -2.39. The molecule has 6 nitrogen and oxygen atoms in total. The van der Waals surface area contributed by atoms with E-state index in [1.807, 2.05) is 10.7 Å². The van der Waals surface area contributed by atoms with Gasteiger partial charge in [-0.2, -0.15) is 0 Å². The van der Waals surface area contributed by atoms with E-state index < -0.39 is 0 Å². The third kappa shape index (κ3) is 5.18. The Labute approximate surface area is 195 Å². The molecular weight excluding hydrogens is 408 g/mol. The van der Waals surface area contributed by atoms with Gasteiger partial charge in [0, 0.05) is 32.7 Å². The number of tetrazole rings is 1. The van der Waals surface area contributed by atoms with Crippen LogP contribution in [0.3, 0.4) is 0 Å². The topological polar surface area (TPSA) is 50.1 Å². The van der Waals surface area contributed by atoms with Gasteiger partial charge in [-0.1, -0.05) is 90.5 Å². The number of hydrogen-bond acceptors (Lipinski definition) is 5. The van der Waals surface area contributed by atoms with Crippen LogP contribution in [0.1, 0.15) is 34.1 Å². The van der Waals surface area contributed by atoms with Gasteiger partial charge in [0.2, 0.25) is 0 Å². The maximum Gasteiger partial charge on any atom is 0.173 e. The highest BCUT2D eigenvalue weighted by Gasteiger charge is 2.30. The van der Waals surface area contributed by atoms with Gasteiger partial charge in [0.1, 0.15) is 0 Å². The van der Waals surface area contributed by atoms with Gasteiger partial charge in [-0.25, -0.2) is 4.68 Å². The Kier molecular flexibility index (Phi) is 6.56. The van der Waals surface area contributed by atoms with Gasteiger partial charge < -0.3 is 0 Å². The van der Waals surface area contributed by atoms with Crippen molar-refractivity contribution in [3.8, 4) is 0 Å². The minimum atomic E-state index is 0.0307. The van der Waals surface area contributed by atoms with Crippen LogP contribution in [0.4, 0.5) is 0 Å². The molecule has 0 saturated carbocycles. The third-order valence-electron chi connectivity index (χ3n) is 6.39. The van der Waals surface area contributed by atoms with Gasteiger partial charge in [-0.15, -0.1) is 5.10 Å². The second-order valence-electron chi connectivity index (χ2n) is 8.79. The van der Waals surface area contributed by atoms with Gasteiger partial charge in [0.15, 0.2) is 5.82 Å². The highest BCUT2D eigenvalue weighted by atomic mass is 15.6. The molecule has 0 radical (unpaired) electrons. The molecule has 33 heavy (non-hydrogen) atoms. The van der Waals surface area contributed by atoms with E-state index in [9.17, 15) is 0 Å². The molecule has 1 fully saturated rings. The predicted molar refractivity (Wildman–Crippen MR) is 130 cm³/mol. The lowest BCUT2D eigenvalue weighted by molar-refractivity contribution is 0.100. The summed E-state index contributed by atoms with van der Waals surface area (Å²) in [4.78, 5) is 5.06. The number of aromatic nitrogens is 4. The first kappa shape index (κ1) is 21.5. The lowest BCUT2D eigenvalue weighted by atomic mass is 10.0. The van der Waals surface area contributed by atoms with Crippen LogP contribution < -0.4 is 0 Å². The van der Waals surface area contributed by atoms with Gasteiger partial charge in [0.05, 0.1) is 12.6 Å². The molecule has 0 amide bonds. The monoisotopic (exact) mass is 438 g/mol. The summed E-state index contributed by atoms with van der Waals surface area (Å²) in [5, 5.41) is 13.0. The molecule has 0 bridgehead atoms. The fourth-order valence-electron chi connectivity index (χ4n) is 4.57. The maximum absolute atomic E-state index is 4.52. The van der Waals surface area contributed by atoms with Crippen molar-refractivity contribution in [3.63, 3.8) is 0 Å². The second-order valence-corrected chi connectivity index (χ2v) is 8.79. The van der Waals surface area contributed by atoms with E-state index in [1.54, 1.807) is 0 Å². The minimum Gasteiger partial charge on any atom is -0.297 e. The van der Waals surface area contributed by atoms with Crippen LogP contribution in [-0.2, 0) is 13.1 Å². The summed E-state index contributed by atoms with van der Waals surface area (Å²) in [6.45, 7) is 7.79. The van der Waals surface area contributed by atoms with Crippen molar-refractivity contribution in [2.45, 2.75) is 26.1 Å². The Hall–Kier alpha value is -3.35. The third-order valence-corrected chi connectivity index (χ3v) is 6.39. The Balaban J connectivity index is 1.38. The van der Waals surface area contributed by atoms with E-state index in [0.717, 1.165) is 38.5 Å². The number of benzene rings is 3. The summed E-state index contributed by atoms with van der Waals surface area (Å²) >= 11 is 0. The van der Waals surface area contributed by atoms with Crippen molar-refractivity contribution in [1.29, 1.82) is 0 Å². The fraction of sp³-hybridized carbons (Fsp3) is 0.296. The van der Waals surface area contributed by atoms with Gasteiger partial charge in [0.25, 0.3) is 0 Å². The second kappa shape index (κ2) is 10.1. The van der Waals surface area contributed by atoms with Crippen LogP contribution in [0.2, 0.25) is 0 Å². The molecule has 4 aromatic rings. The molecule has 6 heteroatoms. The molecule has 0 N–H and O–H groups in total. The Morgan fingerprint density at radius 2 is 1.33 bits per heavy atom. The molecule has 1 aliphatic rings. The number of hydrogen-bond donors (Lipinski definition) is 0. The number of rotatable bonds is 7. The number of piperazine rings is 1. The predicted octanol–water partition coefficient (Wildman–Crippen LogP) is 3.94. The summed E-state index contributed by atoms with van der Waals surface area (Å²) in [7, 11) is 0. The molecule has 1 aliphatic heterocycles. The van der Waals surface area contributed by atoms with Crippen molar-refractivity contribution in [2.75, 3.05) is 26.2 Å².